The molecule has 1 aliphatic heterocycles. The van der Waals surface area contributed by atoms with E-state index in [0.717, 1.165) is 32.1 Å². The van der Waals surface area contributed by atoms with E-state index in [1.165, 1.54) is 11.1 Å². The van der Waals surface area contributed by atoms with Crippen LogP contribution in [0.4, 0.5) is 0 Å². The molecule has 0 bridgehead atoms. The molecule has 2 heteroatoms. The fourth-order valence-corrected chi connectivity index (χ4v) is 2.51. The molecule has 1 saturated heterocycles. The summed E-state index contributed by atoms with van der Waals surface area (Å²) < 4.78 is 5.76. The number of hydrogen-bond acceptors (Lipinski definition) is 2. The van der Waals surface area contributed by atoms with Gasteiger partial charge >= 0.3 is 0 Å². The highest BCUT2D eigenvalue weighted by atomic mass is 16.6. The fraction of sp³-hybridized carbons (Fsp3) is 0.722. The van der Waals surface area contributed by atoms with E-state index in [4.69, 9.17) is 4.74 Å². The molecule has 0 aliphatic carbocycles. The number of hydrogen-bond donors (Lipinski definition) is 0. The van der Waals surface area contributed by atoms with Crippen LogP contribution in [0, 0.1) is 0 Å². The number of Topliss-reactive ketones (excluding diaryl/α,β-unsaturated/α-hetero) is 1. The van der Waals surface area contributed by atoms with Crippen molar-refractivity contribution in [1.82, 2.24) is 0 Å². The van der Waals surface area contributed by atoms with Gasteiger partial charge in [0.2, 0.25) is 0 Å². The highest BCUT2D eigenvalue weighted by Gasteiger charge is 2.50. The van der Waals surface area contributed by atoms with Gasteiger partial charge in [-0.25, -0.2) is 0 Å². The molecule has 20 heavy (non-hydrogen) atoms. The van der Waals surface area contributed by atoms with Crippen LogP contribution in [0.25, 0.3) is 0 Å². The zero-order valence-corrected chi connectivity index (χ0v) is 13.8. The molecule has 1 fully saturated rings. The second kappa shape index (κ2) is 7.78. The minimum Gasteiger partial charge on any atom is -0.366 e. The minimum atomic E-state index is 0.0200. The summed E-state index contributed by atoms with van der Waals surface area (Å²) in [6.45, 7) is 10.3. The van der Waals surface area contributed by atoms with Gasteiger partial charge in [0, 0.05) is 6.42 Å². The molecule has 0 aromatic carbocycles. The molecule has 0 amide bonds. The van der Waals surface area contributed by atoms with Crippen molar-refractivity contribution in [2.24, 2.45) is 0 Å². The van der Waals surface area contributed by atoms with Crippen LogP contribution in [0.2, 0.25) is 0 Å². The maximum absolute atomic E-state index is 11.0. The predicted molar refractivity (Wildman–Crippen MR) is 84.8 cm³/mol. The van der Waals surface area contributed by atoms with E-state index in [9.17, 15) is 4.79 Å². The first kappa shape index (κ1) is 17.2. The Morgan fingerprint density at radius 1 is 1.10 bits per heavy atom. The summed E-state index contributed by atoms with van der Waals surface area (Å²) in [7, 11) is 0. The van der Waals surface area contributed by atoms with Crippen LogP contribution in [0.1, 0.15) is 73.1 Å². The third-order valence-corrected chi connectivity index (χ3v) is 4.02. The topological polar surface area (TPSA) is 29.6 Å². The first-order chi connectivity index (χ1) is 9.33. The molecule has 2 nitrogen and oxygen atoms in total. The Bertz CT molecular complexity index is 388. The van der Waals surface area contributed by atoms with E-state index >= 15 is 0 Å². The lowest BCUT2D eigenvalue weighted by atomic mass is 9.97. The van der Waals surface area contributed by atoms with Crippen molar-refractivity contribution >= 4 is 5.78 Å². The van der Waals surface area contributed by atoms with Crippen molar-refractivity contribution in [3.05, 3.63) is 23.3 Å². The van der Waals surface area contributed by atoms with E-state index in [-0.39, 0.29) is 11.4 Å². The molecule has 1 aliphatic rings. The first-order valence-electron chi connectivity index (χ1n) is 7.80. The number of ketones is 1. The summed E-state index contributed by atoms with van der Waals surface area (Å²) in [6.07, 6.45) is 10.9. The molecule has 0 spiro atoms. The smallest absolute Gasteiger partial charge is 0.129 e. The van der Waals surface area contributed by atoms with Gasteiger partial charge in [0.05, 0.1) is 11.7 Å². The Morgan fingerprint density at radius 2 is 1.80 bits per heavy atom. The van der Waals surface area contributed by atoms with E-state index in [0.29, 0.717) is 12.5 Å². The number of epoxide rings is 1. The van der Waals surface area contributed by atoms with Crippen LogP contribution in [0.15, 0.2) is 23.3 Å². The Kier molecular flexibility index (Phi) is 6.67. The summed E-state index contributed by atoms with van der Waals surface area (Å²) in [6, 6.07) is 0. The summed E-state index contributed by atoms with van der Waals surface area (Å²) in [5.41, 5.74) is 2.88. The standard InChI is InChI=1S/C18H30O2/c1-14(2)8-6-9-15(3)10-7-13-18(5)17(20-18)12-11-16(4)19/h8,10,17H,6-7,9,11-13H2,1-5H3. The SMILES string of the molecule is CC(=O)CCC1OC1(C)CCC=C(C)CCC=C(C)C. The molecule has 0 radical (unpaired) electrons. The zero-order valence-electron chi connectivity index (χ0n) is 13.8. The van der Waals surface area contributed by atoms with Gasteiger partial charge in [-0.15, -0.1) is 0 Å². The third kappa shape index (κ3) is 6.51. The summed E-state index contributed by atoms with van der Waals surface area (Å²) in [4.78, 5) is 11.0. The average Bonchev–Trinajstić information content (AvgIpc) is 2.97. The molecule has 114 valence electrons. The predicted octanol–water partition coefficient (Wildman–Crippen LogP) is 4.99. The second-order valence-electron chi connectivity index (χ2n) is 6.57. The molecule has 1 rings (SSSR count). The van der Waals surface area contributed by atoms with Gasteiger partial charge in [0.1, 0.15) is 5.78 Å². The number of rotatable bonds is 9. The van der Waals surface area contributed by atoms with Gasteiger partial charge in [-0.1, -0.05) is 23.3 Å². The van der Waals surface area contributed by atoms with Crippen LogP contribution >= 0.6 is 0 Å². The van der Waals surface area contributed by atoms with Gasteiger partial charge in [-0.05, 0) is 66.7 Å². The minimum absolute atomic E-state index is 0.0200. The Labute approximate surface area is 124 Å². The number of allylic oxidation sites excluding steroid dienone is 4. The molecule has 0 aromatic rings. The van der Waals surface area contributed by atoms with Crippen LogP contribution in [0.5, 0.6) is 0 Å². The third-order valence-electron chi connectivity index (χ3n) is 4.02. The maximum Gasteiger partial charge on any atom is 0.129 e. The van der Waals surface area contributed by atoms with Crippen molar-refractivity contribution < 1.29 is 9.53 Å². The number of carbonyl (C=O) groups is 1. The molecule has 0 N–H and O–H groups in total. The first-order valence-corrected chi connectivity index (χ1v) is 7.80. The van der Waals surface area contributed by atoms with Gasteiger partial charge < -0.3 is 9.53 Å². The largest absolute Gasteiger partial charge is 0.366 e. The number of carbonyl (C=O) groups excluding carboxylic acids is 1. The maximum atomic E-state index is 11.0. The lowest BCUT2D eigenvalue weighted by Gasteiger charge is -2.05. The summed E-state index contributed by atoms with van der Waals surface area (Å²) in [5.74, 6) is 0.262. The zero-order chi connectivity index (χ0) is 15.2. The van der Waals surface area contributed by atoms with Crippen molar-refractivity contribution in [2.75, 3.05) is 0 Å². The molecule has 0 aromatic heterocycles. The Morgan fingerprint density at radius 3 is 2.40 bits per heavy atom. The second-order valence-corrected chi connectivity index (χ2v) is 6.57. The lowest BCUT2D eigenvalue weighted by Crippen LogP contribution is -2.10. The molecule has 2 unspecified atom stereocenters. The van der Waals surface area contributed by atoms with Crippen LogP contribution in [0.3, 0.4) is 0 Å². The van der Waals surface area contributed by atoms with E-state index in [1.807, 2.05) is 0 Å². The normalized spacial score (nSPS) is 25.4. The lowest BCUT2D eigenvalue weighted by molar-refractivity contribution is -0.117. The summed E-state index contributed by atoms with van der Waals surface area (Å²) >= 11 is 0. The Hall–Kier alpha value is -0.890. The van der Waals surface area contributed by atoms with Crippen LogP contribution in [-0.4, -0.2) is 17.5 Å². The van der Waals surface area contributed by atoms with Crippen molar-refractivity contribution in [2.45, 2.75) is 84.8 Å². The summed E-state index contributed by atoms with van der Waals surface area (Å²) in [5, 5.41) is 0. The molecular weight excluding hydrogens is 248 g/mol. The van der Waals surface area contributed by atoms with Gasteiger partial charge in [0.25, 0.3) is 0 Å². The van der Waals surface area contributed by atoms with Crippen molar-refractivity contribution in [3.63, 3.8) is 0 Å². The van der Waals surface area contributed by atoms with Crippen LogP contribution in [-0.2, 0) is 9.53 Å². The van der Waals surface area contributed by atoms with Crippen LogP contribution < -0.4 is 0 Å². The van der Waals surface area contributed by atoms with Gasteiger partial charge in [-0.3, -0.25) is 0 Å². The molecule has 0 saturated carbocycles. The van der Waals surface area contributed by atoms with Crippen molar-refractivity contribution in [1.29, 1.82) is 0 Å². The Balaban J connectivity index is 2.20. The highest BCUT2D eigenvalue weighted by Crippen LogP contribution is 2.43. The highest BCUT2D eigenvalue weighted by molar-refractivity contribution is 5.75. The van der Waals surface area contributed by atoms with E-state index < -0.39 is 0 Å². The number of ether oxygens (including phenoxy) is 1. The molecular formula is C18H30O2. The molecule has 1 heterocycles. The van der Waals surface area contributed by atoms with E-state index in [1.54, 1.807) is 6.92 Å². The van der Waals surface area contributed by atoms with Gasteiger partial charge in [0.15, 0.2) is 0 Å². The monoisotopic (exact) mass is 278 g/mol. The van der Waals surface area contributed by atoms with E-state index in [2.05, 4.69) is 39.8 Å². The van der Waals surface area contributed by atoms with Crippen molar-refractivity contribution in [3.8, 4) is 0 Å². The average molecular weight is 278 g/mol. The fourth-order valence-electron chi connectivity index (χ4n) is 2.51. The quantitative estimate of drug-likeness (QED) is 0.439. The van der Waals surface area contributed by atoms with Gasteiger partial charge in [-0.2, -0.15) is 0 Å². The molecule has 2 atom stereocenters.